The number of morpholine rings is 1. The summed E-state index contributed by atoms with van der Waals surface area (Å²) in [5.74, 6) is -0.00457. The van der Waals surface area contributed by atoms with Gasteiger partial charge in [0.1, 0.15) is 11.6 Å². The number of piperazine rings is 1. The Balaban J connectivity index is 1.48. The minimum absolute atomic E-state index is 0.247. The molecular formula is C16H22FN3O4. The normalized spacial score (nSPS) is 18.4. The Morgan fingerprint density at radius 3 is 2.67 bits per heavy atom. The molecule has 1 aromatic rings. The van der Waals surface area contributed by atoms with Gasteiger partial charge >= 0.3 is 6.09 Å². The molecule has 0 bridgehead atoms. The molecule has 2 saturated heterocycles. The first kappa shape index (κ1) is 16.8. The molecule has 0 saturated carbocycles. The molecule has 2 aliphatic rings. The van der Waals surface area contributed by atoms with E-state index in [-0.39, 0.29) is 12.6 Å². The predicted molar refractivity (Wildman–Crippen MR) is 85.9 cm³/mol. The molecule has 0 aliphatic carbocycles. The van der Waals surface area contributed by atoms with Gasteiger partial charge in [0.2, 0.25) is 6.79 Å². The number of nitrogens with one attached hydrogen (secondary N) is 1. The van der Waals surface area contributed by atoms with Gasteiger partial charge in [0.15, 0.2) is 0 Å². The molecule has 1 N–H and O–H groups in total. The van der Waals surface area contributed by atoms with Crippen LogP contribution in [0.25, 0.3) is 0 Å². The third-order valence-corrected chi connectivity index (χ3v) is 4.05. The molecule has 1 aromatic carbocycles. The van der Waals surface area contributed by atoms with Crippen LogP contribution in [0.3, 0.4) is 0 Å². The molecule has 3 rings (SSSR count). The van der Waals surface area contributed by atoms with Crippen molar-refractivity contribution >= 4 is 11.8 Å². The van der Waals surface area contributed by atoms with Crippen molar-refractivity contribution in [3.63, 3.8) is 0 Å². The van der Waals surface area contributed by atoms with Crippen LogP contribution in [0.15, 0.2) is 18.2 Å². The van der Waals surface area contributed by atoms with Crippen molar-refractivity contribution in [3.8, 4) is 5.75 Å². The van der Waals surface area contributed by atoms with Gasteiger partial charge in [0.25, 0.3) is 0 Å². The third kappa shape index (κ3) is 4.27. The highest BCUT2D eigenvalue weighted by molar-refractivity contribution is 5.67. The lowest BCUT2D eigenvalue weighted by Crippen LogP contribution is -2.43. The van der Waals surface area contributed by atoms with E-state index in [9.17, 15) is 9.18 Å². The van der Waals surface area contributed by atoms with Crippen LogP contribution in [0.2, 0.25) is 0 Å². The van der Waals surface area contributed by atoms with Crippen LogP contribution in [0.5, 0.6) is 5.75 Å². The van der Waals surface area contributed by atoms with E-state index in [1.165, 1.54) is 6.07 Å². The molecule has 2 fully saturated rings. The molecule has 2 heterocycles. The zero-order chi connectivity index (χ0) is 16.8. The molecule has 8 heteroatoms. The van der Waals surface area contributed by atoms with Crippen LogP contribution >= 0.6 is 0 Å². The first-order valence-electron chi connectivity index (χ1n) is 8.11. The summed E-state index contributed by atoms with van der Waals surface area (Å²) in [5.41, 5.74) is 0.564. The number of halogens is 1. The summed E-state index contributed by atoms with van der Waals surface area (Å²) in [6, 6.07) is 4.70. The monoisotopic (exact) mass is 339 g/mol. The van der Waals surface area contributed by atoms with E-state index in [0.717, 1.165) is 26.2 Å². The van der Waals surface area contributed by atoms with Crippen molar-refractivity contribution in [1.29, 1.82) is 0 Å². The summed E-state index contributed by atoms with van der Waals surface area (Å²) in [4.78, 5) is 15.3. The number of amides is 1. The topological polar surface area (TPSA) is 63.3 Å². The summed E-state index contributed by atoms with van der Waals surface area (Å²) < 4.78 is 29.8. The standard InChI is InChI=1S/C16H22FN3O4/c17-14-11-13(1-2-15(14)19-5-3-18-4-6-19)23-12-24-16(21)20-7-9-22-10-8-20/h1-2,11,18H,3-10,12H2. The van der Waals surface area contributed by atoms with Gasteiger partial charge in [-0.3, -0.25) is 0 Å². The number of benzene rings is 1. The fourth-order valence-electron chi connectivity index (χ4n) is 2.72. The number of carbonyl (C=O) groups excluding carboxylic acids is 1. The summed E-state index contributed by atoms with van der Waals surface area (Å²) in [7, 11) is 0. The Hall–Kier alpha value is -2.06. The van der Waals surface area contributed by atoms with Crippen molar-refractivity contribution < 1.29 is 23.4 Å². The van der Waals surface area contributed by atoms with Crippen molar-refractivity contribution in [1.82, 2.24) is 10.2 Å². The Labute approximate surface area is 140 Å². The van der Waals surface area contributed by atoms with E-state index >= 15 is 0 Å². The van der Waals surface area contributed by atoms with E-state index < -0.39 is 6.09 Å². The molecule has 0 aromatic heterocycles. The fraction of sp³-hybridized carbons (Fsp3) is 0.562. The van der Waals surface area contributed by atoms with E-state index in [4.69, 9.17) is 14.2 Å². The number of carbonyl (C=O) groups is 1. The molecule has 0 spiro atoms. The number of nitrogens with zero attached hydrogens (tertiary/aromatic N) is 2. The van der Waals surface area contributed by atoms with Crippen LogP contribution in [-0.2, 0) is 9.47 Å². The zero-order valence-corrected chi connectivity index (χ0v) is 13.5. The Morgan fingerprint density at radius 1 is 1.21 bits per heavy atom. The lowest BCUT2D eigenvalue weighted by molar-refractivity contribution is 0.00149. The van der Waals surface area contributed by atoms with E-state index in [2.05, 4.69) is 5.32 Å². The lowest BCUT2D eigenvalue weighted by atomic mass is 10.2. The van der Waals surface area contributed by atoms with Crippen LogP contribution in [-0.4, -0.2) is 70.3 Å². The van der Waals surface area contributed by atoms with Crippen LogP contribution < -0.4 is 15.0 Å². The van der Waals surface area contributed by atoms with Gasteiger partial charge in [-0.1, -0.05) is 0 Å². The van der Waals surface area contributed by atoms with Gasteiger partial charge in [0.05, 0.1) is 18.9 Å². The SMILES string of the molecule is O=C(OCOc1ccc(N2CCNCC2)c(F)c1)N1CCOCC1. The maximum Gasteiger partial charge on any atom is 0.412 e. The van der Waals surface area contributed by atoms with E-state index in [0.29, 0.717) is 37.7 Å². The molecule has 0 atom stereocenters. The van der Waals surface area contributed by atoms with Gasteiger partial charge in [-0.2, -0.15) is 0 Å². The Kier molecular flexibility index (Phi) is 5.71. The Morgan fingerprint density at radius 2 is 1.96 bits per heavy atom. The van der Waals surface area contributed by atoms with Gasteiger partial charge in [0, 0.05) is 45.3 Å². The second-order valence-corrected chi connectivity index (χ2v) is 5.62. The van der Waals surface area contributed by atoms with E-state index in [1.807, 2.05) is 4.90 Å². The lowest BCUT2D eigenvalue weighted by Gasteiger charge is -2.29. The highest BCUT2D eigenvalue weighted by atomic mass is 19.1. The van der Waals surface area contributed by atoms with Crippen molar-refractivity contribution in [2.24, 2.45) is 0 Å². The highest BCUT2D eigenvalue weighted by Crippen LogP contribution is 2.24. The number of hydrogen-bond donors (Lipinski definition) is 1. The number of hydrogen-bond acceptors (Lipinski definition) is 6. The highest BCUT2D eigenvalue weighted by Gasteiger charge is 2.18. The molecule has 132 valence electrons. The van der Waals surface area contributed by atoms with Crippen molar-refractivity contribution in [2.45, 2.75) is 0 Å². The zero-order valence-electron chi connectivity index (χ0n) is 13.5. The number of rotatable bonds is 4. The second-order valence-electron chi connectivity index (χ2n) is 5.62. The van der Waals surface area contributed by atoms with E-state index in [1.54, 1.807) is 17.0 Å². The van der Waals surface area contributed by atoms with Gasteiger partial charge in [-0.05, 0) is 12.1 Å². The van der Waals surface area contributed by atoms with Crippen LogP contribution in [0.1, 0.15) is 0 Å². The van der Waals surface area contributed by atoms with Crippen molar-refractivity contribution in [3.05, 3.63) is 24.0 Å². The van der Waals surface area contributed by atoms with Crippen molar-refractivity contribution in [2.75, 3.05) is 64.2 Å². The number of anilines is 1. The average Bonchev–Trinajstić information content (AvgIpc) is 2.63. The largest absolute Gasteiger partial charge is 0.457 e. The molecule has 7 nitrogen and oxygen atoms in total. The summed E-state index contributed by atoms with van der Waals surface area (Å²) in [5, 5.41) is 3.23. The molecule has 0 radical (unpaired) electrons. The van der Waals surface area contributed by atoms with Gasteiger partial charge in [-0.25, -0.2) is 9.18 Å². The summed E-state index contributed by atoms with van der Waals surface area (Å²) in [6.45, 7) is 5.01. The van der Waals surface area contributed by atoms with Crippen LogP contribution in [0.4, 0.5) is 14.9 Å². The number of ether oxygens (including phenoxy) is 3. The first-order chi connectivity index (χ1) is 11.7. The third-order valence-electron chi connectivity index (χ3n) is 4.05. The minimum atomic E-state index is -0.448. The molecule has 1 amide bonds. The minimum Gasteiger partial charge on any atom is -0.457 e. The van der Waals surface area contributed by atoms with Gasteiger partial charge in [-0.15, -0.1) is 0 Å². The molecule has 2 aliphatic heterocycles. The maximum absolute atomic E-state index is 14.2. The molecule has 0 unspecified atom stereocenters. The maximum atomic E-state index is 14.2. The van der Waals surface area contributed by atoms with Crippen LogP contribution in [0, 0.1) is 5.82 Å². The molecular weight excluding hydrogens is 317 g/mol. The first-order valence-corrected chi connectivity index (χ1v) is 8.11. The quantitative estimate of drug-likeness (QED) is 0.827. The fourth-order valence-corrected chi connectivity index (χ4v) is 2.72. The van der Waals surface area contributed by atoms with Gasteiger partial charge < -0.3 is 29.3 Å². The second kappa shape index (κ2) is 8.16. The summed E-state index contributed by atoms with van der Waals surface area (Å²) >= 11 is 0. The average molecular weight is 339 g/mol. The smallest absolute Gasteiger partial charge is 0.412 e. The Bertz CT molecular complexity index is 560. The molecule has 24 heavy (non-hydrogen) atoms. The summed E-state index contributed by atoms with van der Waals surface area (Å²) in [6.07, 6.45) is -0.448. The predicted octanol–water partition coefficient (Wildman–Crippen LogP) is 1.04.